The quantitative estimate of drug-likeness (QED) is 0.660. The van der Waals surface area contributed by atoms with Crippen molar-refractivity contribution in [1.29, 1.82) is 0 Å². The summed E-state index contributed by atoms with van der Waals surface area (Å²) >= 11 is 0. The highest BCUT2D eigenvalue weighted by molar-refractivity contribution is 5.90. The first kappa shape index (κ1) is 9.83. The third-order valence-electron chi connectivity index (χ3n) is 2.74. The SMILES string of the molecule is CC1(Nc2cc(C(=O)O)ccc2N)CC1. The lowest BCUT2D eigenvalue weighted by atomic mass is 10.1. The summed E-state index contributed by atoms with van der Waals surface area (Å²) < 4.78 is 0. The Labute approximate surface area is 88.1 Å². The van der Waals surface area contributed by atoms with Crippen LogP contribution in [0, 0.1) is 0 Å². The van der Waals surface area contributed by atoms with Gasteiger partial charge in [0, 0.05) is 5.54 Å². The van der Waals surface area contributed by atoms with Gasteiger partial charge in [0.1, 0.15) is 0 Å². The van der Waals surface area contributed by atoms with E-state index in [0.29, 0.717) is 5.69 Å². The third kappa shape index (κ3) is 2.03. The van der Waals surface area contributed by atoms with Crippen molar-refractivity contribution < 1.29 is 9.90 Å². The second-order valence-corrected chi connectivity index (χ2v) is 4.29. The van der Waals surface area contributed by atoms with Gasteiger partial charge in [-0.05, 0) is 38.0 Å². The lowest BCUT2D eigenvalue weighted by Crippen LogP contribution is -2.17. The maximum Gasteiger partial charge on any atom is 0.335 e. The fourth-order valence-corrected chi connectivity index (χ4v) is 1.44. The molecule has 0 unspecified atom stereocenters. The molecule has 4 nitrogen and oxygen atoms in total. The summed E-state index contributed by atoms with van der Waals surface area (Å²) in [6.07, 6.45) is 2.20. The van der Waals surface area contributed by atoms with Gasteiger partial charge in [0.25, 0.3) is 0 Å². The third-order valence-corrected chi connectivity index (χ3v) is 2.74. The fourth-order valence-electron chi connectivity index (χ4n) is 1.44. The number of carbonyl (C=O) groups is 1. The molecule has 15 heavy (non-hydrogen) atoms. The van der Waals surface area contributed by atoms with Crippen molar-refractivity contribution in [2.75, 3.05) is 11.1 Å². The van der Waals surface area contributed by atoms with Crippen LogP contribution in [0.25, 0.3) is 0 Å². The van der Waals surface area contributed by atoms with E-state index in [0.717, 1.165) is 18.5 Å². The highest BCUT2D eigenvalue weighted by Gasteiger charge is 2.37. The van der Waals surface area contributed by atoms with E-state index in [1.54, 1.807) is 12.1 Å². The van der Waals surface area contributed by atoms with E-state index in [2.05, 4.69) is 12.2 Å². The zero-order valence-corrected chi connectivity index (χ0v) is 8.58. The summed E-state index contributed by atoms with van der Waals surface area (Å²) in [5, 5.41) is 12.1. The second-order valence-electron chi connectivity index (χ2n) is 4.29. The van der Waals surface area contributed by atoms with Crippen molar-refractivity contribution in [2.45, 2.75) is 25.3 Å². The number of nitrogens with one attached hydrogen (secondary N) is 1. The molecule has 1 saturated carbocycles. The molecule has 0 saturated heterocycles. The Morgan fingerprint density at radius 1 is 1.53 bits per heavy atom. The summed E-state index contributed by atoms with van der Waals surface area (Å²) in [6.45, 7) is 2.10. The molecule has 0 spiro atoms. The van der Waals surface area contributed by atoms with Crippen molar-refractivity contribution in [3.63, 3.8) is 0 Å². The topological polar surface area (TPSA) is 75.3 Å². The molecular weight excluding hydrogens is 192 g/mol. The van der Waals surface area contributed by atoms with Gasteiger partial charge in [-0.15, -0.1) is 0 Å². The van der Waals surface area contributed by atoms with E-state index in [-0.39, 0.29) is 11.1 Å². The average Bonchev–Trinajstić information content (AvgIpc) is 2.87. The largest absolute Gasteiger partial charge is 0.478 e. The first-order valence-corrected chi connectivity index (χ1v) is 4.91. The number of benzene rings is 1. The van der Waals surface area contributed by atoms with Crippen LogP contribution < -0.4 is 11.1 Å². The number of nitrogens with two attached hydrogens (primary N) is 1. The molecule has 1 aromatic rings. The summed E-state index contributed by atoms with van der Waals surface area (Å²) in [5.41, 5.74) is 7.44. The Morgan fingerprint density at radius 3 is 2.73 bits per heavy atom. The summed E-state index contributed by atoms with van der Waals surface area (Å²) in [4.78, 5) is 10.8. The minimum absolute atomic E-state index is 0.102. The molecule has 1 aliphatic rings. The summed E-state index contributed by atoms with van der Waals surface area (Å²) in [7, 11) is 0. The average molecular weight is 206 g/mol. The molecule has 0 aliphatic heterocycles. The zero-order chi connectivity index (χ0) is 11.1. The number of rotatable bonds is 3. The van der Waals surface area contributed by atoms with Crippen LogP contribution in [0.3, 0.4) is 0 Å². The van der Waals surface area contributed by atoms with Gasteiger partial charge in [0.2, 0.25) is 0 Å². The minimum atomic E-state index is -0.931. The van der Waals surface area contributed by atoms with E-state index in [1.165, 1.54) is 6.07 Å². The highest BCUT2D eigenvalue weighted by atomic mass is 16.4. The number of hydrogen-bond donors (Lipinski definition) is 3. The van der Waals surface area contributed by atoms with Crippen molar-refractivity contribution in [1.82, 2.24) is 0 Å². The van der Waals surface area contributed by atoms with Crippen molar-refractivity contribution in [3.8, 4) is 0 Å². The van der Waals surface area contributed by atoms with E-state index in [1.807, 2.05) is 0 Å². The van der Waals surface area contributed by atoms with E-state index < -0.39 is 5.97 Å². The van der Waals surface area contributed by atoms with Gasteiger partial charge in [-0.1, -0.05) is 0 Å². The monoisotopic (exact) mass is 206 g/mol. The lowest BCUT2D eigenvalue weighted by molar-refractivity contribution is 0.0697. The zero-order valence-electron chi connectivity index (χ0n) is 8.58. The van der Waals surface area contributed by atoms with Gasteiger partial charge in [-0.2, -0.15) is 0 Å². The van der Waals surface area contributed by atoms with Gasteiger partial charge in [-0.25, -0.2) is 4.79 Å². The van der Waals surface area contributed by atoms with Crippen molar-refractivity contribution in [2.24, 2.45) is 0 Å². The first-order valence-electron chi connectivity index (χ1n) is 4.91. The predicted octanol–water partition coefficient (Wildman–Crippen LogP) is 1.93. The fraction of sp³-hybridized carbons (Fsp3) is 0.364. The molecule has 0 bridgehead atoms. The summed E-state index contributed by atoms with van der Waals surface area (Å²) in [5.74, 6) is -0.931. The first-order chi connectivity index (χ1) is 7.00. The van der Waals surface area contributed by atoms with Crippen LogP contribution in [0.2, 0.25) is 0 Å². The van der Waals surface area contributed by atoms with Crippen LogP contribution in [0.4, 0.5) is 11.4 Å². The van der Waals surface area contributed by atoms with Gasteiger partial charge in [-0.3, -0.25) is 0 Å². The van der Waals surface area contributed by atoms with Gasteiger partial charge < -0.3 is 16.2 Å². The molecule has 4 N–H and O–H groups in total. The van der Waals surface area contributed by atoms with Gasteiger partial charge >= 0.3 is 5.97 Å². The lowest BCUT2D eigenvalue weighted by Gasteiger charge is -2.15. The summed E-state index contributed by atoms with van der Waals surface area (Å²) in [6, 6.07) is 4.72. The normalized spacial score (nSPS) is 17.1. The smallest absolute Gasteiger partial charge is 0.335 e. The Bertz CT molecular complexity index is 411. The number of anilines is 2. The van der Waals surface area contributed by atoms with Gasteiger partial charge in [0.05, 0.1) is 16.9 Å². The molecule has 1 fully saturated rings. The Kier molecular flexibility index (Phi) is 2.07. The van der Waals surface area contributed by atoms with E-state index in [4.69, 9.17) is 10.8 Å². The molecule has 0 amide bonds. The molecule has 1 aromatic carbocycles. The molecule has 1 aliphatic carbocycles. The van der Waals surface area contributed by atoms with Crippen LogP contribution in [0.5, 0.6) is 0 Å². The van der Waals surface area contributed by atoms with Crippen LogP contribution in [0.1, 0.15) is 30.1 Å². The predicted molar refractivity (Wildman–Crippen MR) is 59.1 cm³/mol. The number of nitrogen functional groups attached to an aromatic ring is 1. The maximum absolute atomic E-state index is 10.8. The van der Waals surface area contributed by atoms with Crippen molar-refractivity contribution in [3.05, 3.63) is 23.8 Å². The second kappa shape index (κ2) is 3.15. The molecular formula is C11H14N2O2. The molecule has 0 radical (unpaired) electrons. The van der Waals surface area contributed by atoms with Crippen LogP contribution in [-0.4, -0.2) is 16.6 Å². The number of hydrogen-bond acceptors (Lipinski definition) is 3. The molecule has 0 atom stereocenters. The van der Waals surface area contributed by atoms with Crippen LogP contribution >= 0.6 is 0 Å². The Balaban J connectivity index is 2.28. The Morgan fingerprint density at radius 2 is 2.20 bits per heavy atom. The Hall–Kier alpha value is -1.71. The van der Waals surface area contributed by atoms with E-state index >= 15 is 0 Å². The van der Waals surface area contributed by atoms with Crippen molar-refractivity contribution >= 4 is 17.3 Å². The number of carboxylic acid groups (broad SMARTS) is 1. The van der Waals surface area contributed by atoms with Crippen LogP contribution in [0.15, 0.2) is 18.2 Å². The van der Waals surface area contributed by atoms with Crippen LogP contribution in [-0.2, 0) is 0 Å². The maximum atomic E-state index is 10.8. The highest BCUT2D eigenvalue weighted by Crippen LogP contribution is 2.39. The number of aromatic carboxylic acids is 1. The number of carboxylic acids is 1. The molecule has 4 heteroatoms. The molecule has 0 aromatic heterocycles. The van der Waals surface area contributed by atoms with E-state index in [9.17, 15) is 4.79 Å². The molecule has 0 heterocycles. The minimum Gasteiger partial charge on any atom is -0.478 e. The molecule has 80 valence electrons. The van der Waals surface area contributed by atoms with Gasteiger partial charge in [0.15, 0.2) is 0 Å². The standard InChI is InChI=1S/C11H14N2O2/c1-11(4-5-11)13-9-6-7(10(14)15)2-3-8(9)12/h2-3,6,13H,4-5,12H2,1H3,(H,14,15). The molecule has 2 rings (SSSR count).